The van der Waals surface area contributed by atoms with Crippen LogP contribution in [0.15, 0.2) is 126 Å². The molecule has 4 heteroatoms. The van der Waals surface area contributed by atoms with Gasteiger partial charge in [0.15, 0.2) is 0 Å². The zero-order chi connectivity index (χ0) is 47.3. The molecule has 4 nitrogen and oxygen atoms in total. The van der Waals surface area contributed by atoms with Crippen molar-refractivity contribution in [3.8, 4) is 50.8 Å². The van der Waals surface area contributed by atoms with Crippen LogP contribution in [-0.2, 0) is 21.7 Å². The Morgan fingerprint density at radius 3 is 1.36 bits per heavy atom. The molecule has 2 heterocycles. The summed E-state index contributed by atoms with van der Waals surface area (Å²) in [5, 5.41) is 11.6. The Hall–Kier alpha value is -5.74. The number of nitrogens with zero attached hydrogens (tertiary/aromatic N) is 3. The van der Waals surface area contributed by atoms with Crippen molar-refractivity contribution in [2.24, 2.45) is 0 Å². The van der Waals surface area contributed by atoms with Gasteiger partial charge in [0, 0.05) is 33.0 Å². The molecule has 0 amide bonds. The first-order valence-corrected chi connectivity index (χ1v) is 25.4. The van der Waals surface area contributed by atoms with Crippen molar-refractivity contribution in [3.63, 3.8) is 0 Å². The third-order valence-corrected chi connectivity index (χ3v) is 14.9. The van der Waals surface area contributed by atoms with Crippen molar-refractivity contribution in [2.75, 3.05) is 0 Å². The molecule has 346 valence electrons. The molecule has 2 aromatic heterocycles. The smallest absolute Gasteiger partial charge is 0.248 e. The first-order valence-electron chi connectivity index (χ1n) is 25.4. The van der Waals surface area contributed by atoms with Crippen molar-refractivity contribution in [3.05, 3.63) is 149 Å². The second-order valence-electron chi connectivity index (χ2n) is 22.8. The van der Waals surface area contributed by atoms with Gasteiger partial charge in [-0.25, -0.2) is 0 Å². The summed E-state index contributed by atoms with van der Waals surface area (Å²) in [4.78, 5) is 0. The molecule has 1 aliphatic carbocycles. The first kappa shape index (κ1) is 46.4. The Labute approximate surface area is 401 Å². The number of hydrogen-bond acceptors (Lipinski definition) is 3. The van der Waals surface area contributed by atoms with E-state index in [2.05, 4.69) is 212 Å². The van der Waals surface area contributed by atoms with E-state index in [1.807, 2.05) is 0 Å². The number of fused-ring (bicyclic) bond motifs is 6. The van der Waals surface area contributed by atoms with Crippen LogP contribution in [0.3, 0.4) is 0 Å². The minimum absolute atomic E-state index is 0.0531. The van der Waals surface area contributed by atoms with Crippen molar-refractivity contribution in [1.82, 2.24) is 14.8 Å². The highest BCUT2D eigenvalue weighted by atomic mass is 16.4. The summed E-state index contributed by atoms with van der Waals surface area (Å²) in [6.45, 7) is 25.3. The quantitative estimate of drug-likeness (QED) is 0.102. The van der Waals surface area contributed by atoms with Crippen LogP contribution in [0.2, 0.25) is 0 Å². The molecule has 9 rings (SSSR count). The maximum absolute atomic E-state index is 6.26. The molecule has 0 spiro atoms. The molecular formula is C63H73N3O. The second kappa shape index (κ2) is 18.1. The summed E-state index contributed by atoms with van der Waals surface area (Å²) in [7, 11) is 0. The van der Waals surface area contributed by atoms with Crippen LogP contribution in [0.5, 0.6) is 0 Å². The Bertz CT molecular complexity index is 2950. The Balaban J connectivity index is 1.13. The topological polar surface area (TPSA) is 43.9 Å². The van der Waals surface area contributed by atoms with Gasteiger partial charge in [-0.3, -0.25) is 0 Å². The van der Waals surface area contributed by atoms with E-state index in [4.69, 9.17) is 4.42 Å². The third-order valence-electron chi connectivity index (χ3n) is 14.9. The van der Waals surface area contributed by atoms with E-state index in [9.17, 15) is 0 Å². The fraction of sp³-hybridized carbons (Fsp3) is 0.397. The fourth-order valence-electron chi connectivity index (χ4n) is 10.8. The van der Waals surface area contributed by atoms with Gasteiger partial charge < -0.3 is 8.98 Å². The van der Waals surface area contributed by atoms with E-state index >= 15 is 0 Å². The van der Waals surface area contributed by atoms with E-state index in [0.29, 0.717) is 11.8 Å². The van der Waals surface area contributed by atoms with Crippen molar-refractivity contribution >= 4 is 21.8 Å². The molecule has 67 heavy (non-hydrogen) atoms. The average molecular weight is 888 g/mol. The van der Waals surface area contributed by atoms with Gasteiger partial charge in [0.1, 0.15) is 0 Å². The van der Waals surface area contributed by atoms with Gasteiger partial charge in [-0.2, -0.15) is 0 Å². The number of hydrogen-bond donors (Lipinski definition) is 0. The van der Waals surface area contributed by atoms with Gasteiger partial charge >= 0.3 is 0 Å². The van der Waals surface area contributed by atoms with Crippen LogP contribution < -0.4 is 0 Å². The SMILES string of the molecule is CCCCCCC1(CCCCCC)c2cc(-c3ccc(-c4nnc(-c5ccc(C(C)(C)C)cc5)o4)cc3)ccc2-c2ccc(-n3c4ccc(C(C)(C)C)cc4c4cc(C(C)(C)C)ccc43)cc21. The standard InChI is InChI=1S/C63H73N3O/c1-12-14-16-18-36-63(37-19-17-15-13-2)54-38-45(42-20-22-43(23-21-42)58-64-65-59(67-58)44-24-27-46(28-25-44)60(3,4)5)26-32-50(54)51-33-31-49(41-55(51)63)66-56-34-29-47(61(6,7)8)39-52(56)53-40-48(62(9,10)11)30-35-57(53)66/h20-35,38-41H,12-19,36-37H2,1-11H3. The molecule has 1 aliphatic rings. The maximum Gasteiger partial charge on any atom is 0.248 e. The fourth-order valence-corrected chi connectivity index (χ4v) is 10.8. The Kier molecular flexibility index (Phi) is 12.5. The molecule has 6 aromatic carbocycles. The predicted octanol–water partition coefficient (Wildman–Crippen LogP) is 18.3. The third kappa shape index (κ3) is 8.94. The second-order valence-corrected chi connectivity index (χ2v) is 22.8. The zero-order valence-electron chi connectivity index (χ0n) is 42.4. The van der Waals surface area contributed by atoms with E-state index in [1.54, 1.807) is 0 Å². The van der Waals surface area contributed by atoms with Crippen molar-refractivity contribution in [1.29, 1.82) is 0 Å². The first-order chi connectivity index (χ1) is 32.0. The van der Waals surface area contributed by atoms with Crippen LogP contribution in [0.25, 0.3) is 72.7 Å². The number of aromatic nitrogens is 3. The summed E-state index contributed by atoms with van der Waals surface area (Å²) in [5.74, 6) is 1.07. The van der Waals surface area contributed by atoms with Gasteiger partial charge in [-0.05, 0) is 146 Å². The molecule has 0 atom stereocenters. The lowest BCUT2D eigenvalue weighted by atomic mass is 9.70. The monoisotopic (exact) mass is 888 g/mol. The van der Waals surface area contributed by atoms with E-state index < -0.39 is 0 Å². The molecule has 0 aliphatic heterocycles. The van der Waals surface area contributed by atoms with Crippen LogP contribution >= 0.6 is 0 Å². The van der Waals surface area contributed by atoms with Gasteiger partial charge in [0.2, 0.25) is 11.8 Å². The van der Waals surface area contributed by atoms with E-state index in [0.717, 1.165) is 24.0 Å². The lowest BCUT2D eigenvalue weighted by Crippen LogP contribution is -2.26. The lowest BCUT2D eigenvalue weighted by molar-refractivity contribution is 0.401. The Morgan fingerprint density at radius 2 is 0.866 bits per heavy atom. The number of benzene rings is 6. The summed E-state index contributed by atoms with van der Waals surface area (Å²) < 4.78 is 8.82. The average Bonchev–Trinajstić information content (AvgIpc) is 4.00. The van der Waals surface area contributed by atoms with Crippen molar-refractivity contribution < 1.29 is 4.42 Å². The summed E-state index contributed by atoms with van der Waals surface area (Å²) >= 11 is 0. The number of unbranched alkanes of at least 4 members (excludes halogenated alkanes) is 6. The van der Waals surface area contributed by atoms with Gasteiger partial charge in [-0.1, -0.05) is 182 Å². The van der Waals surface area contributed by atoms with E-state index in [1.165, 1.54) is 129 Å². The van der Waals surface area contributed by atoms with Crippen LogP contribution in [0.1, 0.15) is 168 Å². The molecule has 0 bridgehead atoms. The van der Waals surface area contributed by atoms with Crippen molar-refractivity contribution in [2.45, 2.75) is 162 Å². The summed E-state index contributed by atoms with van der Waals surface area (Å²) in [6.07, 6.45) is 12.3. The highest BCUT2D eigenvalue weighted by molar-refractivity contribution is 6.10. The molecule has 0 saturated heterocycles. The molecule has 0 N–H and O–H groups in total. The molecule has 0 radical (unpaired) electrons. The molecule has 0 fully saturated rings. The largest absolute Gasteiger partial charge is 0.416 e. The normalized spacial score (nSPS) is 13.7. The van der Waals surface area contributed by atoms with Gasteiger partial charge in [0.05, 0.1) is 11.0 Å². The Morgan fingerprint density at radius 1 is 0.433 bits per heavy atom. The lowest BCUT2D eigenvalue weighted by Gasteiger charge is -2.33. The molecular weight excluding hydrogens is 815 g/mol. The maximum atomic E-state index is 6.26. The minimum atomic E-state index is -0.0824. The van der Waals surface area contributed by atoms with Crippen LogP contribution in [0, 0.1) is 0 Å². The number of rotatable bonds is 14. The van der Waals surface area contributed by atoms with Crippen LogP contribution in [-0.4, -0.2) is 14.8 Å². The van der Waals surface area contributed by atoms with Crippen LogP contribution in [0.4, 0.5) is 0 Å². The summed E-state index contributed by atoms with van der Waals surface area (Å²) in [5.41, 5.74) is 18.0. The molecule has 0 unspecified atom stereocenters. The molecule has 0 saturated carbocycles. The minimum Gasteiger partial charge on any atom is -0.416 e. The highest BCUT2D eigenvalue weighted by Gasteiger charge is 2.43. The zero-order valence-corrected chi connectivity index (χ0v) is 42.4. The summed E-state index contributed by atoms with van der Waals surface area (Å²) in [6, 6.07) is 46.4. The predicted molar refractivity (Wildman–Crippen MR) is 285 cm³/mol. The van der Waals surface area contributed by atoms with Gasteiger partial charge in [-0.15, -0.1) is 10.2 Å². The molecule has 8 aromatic rings. The highest BCUT2D eigenvalue weighted by Crippen LogP contribution is 2.56. The van der Waals surface area contributed by atoms with E-state index in [-0.39, 0.29) is 21.7 Å². The van der Waals surface area contributed by atoms with Gasteiger partial charge in [0.25, 0.3) is 0 Å².